The average Bonchev–Trinajstić information content (AvgIpc) is 2.86. The van der Waals surface area contributed by atoms with Gasteiger partial charge in [-0.1, -0.05) is 19.4 Å². The van der Waals surface area contributed by atoms with Gasteiger partial charge in [-0.05, 0) is 43.5 Å². The molecule has 118 valence electrons. The van der Waals surface area contributed by atoms with Gasteiger partial charge >= 0.3 is 5.97 Å². The van der Waals surface area contributed by atoms with Crippen LogP contribution in [-0.4, -0.2) is 22.7 Å². The molecule has 0 saturated heterocycles. The Morgan fingerprint density at radius 1 is 1.27 bits per heavy atom. The molecule has 0 saturated carbocycles. The fraction of sp³-hybridized carbons (Fsp3) is 0.412. The molecular formula is C17H21NO3S. The molecule has 0 aliphatic rings. The van der Waals surface area contributed by atoms with Crippen LogP contribution in [0.1, 0.15) is 44.8 Å². The van der Waals surface area contributed by atoms with E-state index in [-0.39, 0.29) is 0 Å². The molecule has 22 heavy (non-hydrogen) atoms. The molecule has 4 nitrogen and oxygen atoms in total. The lowest BCUT2D eigenvalue weighted by Crippen LogP contribution is -2.01. The second-order valence-corrected chi connectivity index (χ2v) is 6.37. The summed E-state index contributed by atoms with van der Waals surface area (Å²) in [6.45, 7) is 6.64. The van der Waals surface area contributed by atoms with Gasteiger partial charge in [0.05, 0.1) is 17.3 Å². The van der Waals surface area contributed by atoms with Crippen LogP contribution in [0.2, 0.25) is 0 Å². The first-order valence-corrected chi connectivity index (χ1v) is 8.24. The van der Waals surface area contributed by atoms with E-state index in [2.05, 4.69) is 18.8 Å². The summed E-state index contributed by atoms with van der Waals surface area (Å²) in [5.74, 6) is -0.0471. The SMILES string of the molecule is CCCc1nc(CCOc2ccc(C)c(C)c2)sc1C(=O)O. The Bertz CT molecular complexity index is 664. The molecule has 0 amide bonds. The minimum absolute atomic E-state index is 0.364. The zero-order chi connectivity index (χ0) is 16.1. The summed E-state index contributed by atoms with van der Waals surface area (Å²) in [6.07, 6.45) is 2.22. The Labute approximate surface area is 134 Å². The lowest BCUT2D eigenvalue weighted by atomic mass is 10.1. The molecule has 2 rings (SSSR count). The molecule has 0 aliphatic carbocycles. The van der Waals surface area contributed by atoms with Crippen LogP contribution in [0.3, 0.4) is 0 Å². The summed E-state index contributed by atoms with van der Waals surface area (Å²) in [6, 6.07) is 6.01. The van der Waals surface area contributed by atoms with Gasteiger partial charge in [0.15, 0.2) is 0 Å². The maximum Gasteiger partial charge on any atom is 0.347 e. The van der Waals surface area contributed by atoms with Crippen molar-refractivity contribution in [2.75, 3.05) is 6.61 Å². The summed E-state index contributed by atoms with van der Waals surface area (Å²) < 4.78 is 5.73. The number of aromatic nitrogens is 1. The Hall–Kier alpha value is -1.88. The zero-order valence-electron chi connectivity index (χ0n) is 13.2. The van der Waals surface area contributed by atoms with Crippen molar-refractivity contribution in [1.29, 1.82) is 0 Å². The quantitative estimate of drug-likeness (QED) is 0.837. The Balaban J connectivity index is 1.97. The summed E-state index contributed by atoms with van der Waals surface area (Å²) in [4.78, 5) is 16.0. The monoisotopic (exact) mass is 319 g/mol. The molecule has 0 fully saturated rings. The summed E-state index contributed by atoms with van der Waals surface area (Å²) >= 11 is 1.26. The van der Waals surface area contributed by atoms with E-state index in [1.807, 2.05) is 25.1 Å². The van der Waals surface area contributed by atoms with E-state index in [0.717, 1.165) is 17.2 Å². The van der Waals surface area contributed by atoms with Crippen molar-refractivity contribution in [2.45, 2.75) is 40.0 Å². The minimum atomic E-state index is -0.887. The minimum Gasteiger partial charge on any atom is -0.493 e. The van der Waals surface area contributed by atoms with Gasteiger partial charge in [-0.15, -0.1) is 11.3 Å². The van der Waals surface area contributed by atoms with Crippen LogP contribution in [0.4, 0.5) is 0 Å². The maximum atomic E-state index is 11.2. The third kappa shape index (κ3) is 4.07. The maximum absolute atomic E-state index is 11.2. The number of benzene rings is 1. The van der Waals surface area contributed by atoms with Gasteiger partial charge in [0.2, 0.25) is 0 Å². The van der Waals surface area contributed by atoms with E-state index >= 15 is 0 Å². The highest BCUT2D eigenvalue weighted by Crippen LogP contribution is 2.21. The van der Waals surface area contributed by atoms with Crippen molar-refractivity contribution in [3.05, 3.63) is 44.9 Å². The highest BCUT2D eigenvalue weighted by atomic mass is 32.1. The molecule has 1 N–H and O–H groups in total. The van der Waals surface area contributed by atoms with E-state index in [1.165, 1.54) is 22.5 Å². The number of carbonyl (C=O) groups is 1. The molecule has 1 heterocycles. The van der Waals surface area contributed by atoms with Crippen molar-refractivity contribution >= 4 is 17.3 Å². The third-order valence-electron chi connectivity index (χ3n) is 3.49. The van der Waals surface area contributed by atoms with Gasteiger partial charge in [0.1, 0.15) is 10.6 Å². The molecule has 0 bridgehead atoms. The molecule has 0 unspecified atom stereocenters. The van der Waals surface area contributed by atoms with Gasteiger partial charge in [0, 0.05) is 6.42 Å². The number of aromatic carboxylic acids is 1. The zero-order valence-corrected chi connectivity index (χ0v) is 14.0. The molecular weight excluding hydrogens is 298 g/mol. The first-order chi connectivity index (χ1) is 10.5. The van der Waals surface area contributed by atoms with Crippen molar-refractivity contribution in [3.63, 3.8) is 0 Å². The lowest BCUT2D eigenvalue weighted by Gasteiger charge is -2.07. The first kappa shape index (κ1) is 16.5. The van der Waals surface area contributed by atoms with Crippen LogP contribution in [0.25, 0.3) is 0 Å². The van der Waals surface area contributed by atoms with Crippen molar-refractivity contribution in [3.8, 4) is 5.75 Å². The van der Waals surface area contributed by atoms with E-state index in [4.69, 9.17) is 4.74 Å². The molecule has 0 aliphatic heterocycles. The Morgan fingerprint density at radius 3 is 2.68 bits per heavy atom. The third-order valence-corrected chi connectivity index (χ3v) is 4.63. The molecule has 5 heteroatoms. The fourth-order valence-corrected chi connectivity index (χ4v) is 3.07. The van der Waals surface area contributed by atoms with Gasteiger partial charge in [-0.3, -0.25) is 0 Å². The Morgan fingerprint density at radius 2 is 2.05 bits per heavy atom. The van der Waals surface area contributed by atoms with Gasteiger partial charge in [0.25, 0.3) is 0 Å². The van der Waals surface area contributed by atoms with Gasteiger partial charge in [-0.25, -0.2) is 9.78 Å². The van der Waals surface area contributed by atoms with Gasteiger partial charge in [-0.2, -0.15) is 0 Å². The predicted octanol–water partition coefficient (Wildman–Crippen LogP) is 4.03. The number of hydrogen-bond donors (Lipinski definition) is 1. The smallest absolute Gasteiger partial charge is 0.347 e. The average molecular weight is 319 g/mol. The summed E-state index contributed by atoms with van der Waals surface area (Å²) in [7, 11) is 0. The number of carboxylic acids is 1. The highest BCUT2D eigenvalue weighted by Gasteiger charge is 2.16. The van der Waals surface area contributed by atoms with E-state index in [9.17, 15) is 9.90 Å². The lowest BCUT2D eigenvalue weighted by molar-refractivity contribution is 0.0700. The van der Waals surface area contributed by atoms with Crippen LogP contribution in [0, 0.1) is 13.8 Å². The van der Waals surface area contributed by atoms with Crippen LogP contribution < -0.4 is 4.74 Å². The normalized spacial score (nSPS) is 10.7. The molecule has 2 aromatic rings. The largest absolute Gasteiger partial charge is 0.493 e. The number of hydrogen-bond acceptors (Lipinski definition) is 4. The first-order valence-electron chi connectivity index (χ1n) is 7.43. The van der Waals surface area contributed by atoms with Crippen LogP contribution in [0.5, 0.6) is 5.75 Å². The van der Waals surface area contributed by atoms with Crippen LogP contribution in [-0.2, 0) is 12.8 Å². The van der Waals surface area contributed by atoms with E-state index < -0.39 is 5.97 Å². The molecule has 0 spiro atoms. The second-order valence-electron chi connectivity index (χ2n) is 5.28. The molecule has 1 aromatic heterocycles. The van der Waals surface area contributed by atoms with Crippen LogP contribution in [0.15, 0.2) is 18.2 Å². The Kier molecular flexibility index (Phi) is 5.55. The van der Waals surface area contributed by atoms with Crippen molar-refractivity contribution in [1.82, 2.24) is 4.98 Å². The number of nitrogens with zero attached hydrogens (tertiary/aromatic N) is 1. The summed E-state index contributed by atoms with van der Waals surface area (Å²) in [5.41, 5.74) is 3.13. The molecule has 1 aromatic carbocycles. The number of carboxylic acid groups (broad SMARTS) is 1. The van der Waals surface area contributed by atoms with Crippen molar-refractivity contribution in [2.24, 2.45) is 0 Å². The topological polar surface area (TPSA) is 59.4 Å². The standard InChI is InChI=1S/C17H21NO3S/c1-4-5-14-16(17(19)20)22-15(18-14)8-9-21-13-7-6-11(2)12(3)10-13/h6-7,10H,4-5,8-9H2,1-3H3,(H,19,20). The van der Waals surface area contributed by atoms with Crippen LogP contribution >= 0.6 is 11.3 Å². The number of ether oxygens (including phenoxy) is 1. The highest BCUT2D eigenvalue weighted by molar-refractivity contribution is 7.13. The number of thiazole rings is 1. The van der Waals surface area contributed by atoms with E-state index in [0.29, 0.717) is 30.0 Å². The molecule has 0 radical (unpaired) electrons. The van der Waals surface area contributed by atoms with E-state index in [1.54, 1.807) is 0 Å². The predicted molar refractivity (Wildman–Crippen MR) is 88.2 cm³/mol. The molecule has 0 atom stereocenters. The summed E-state index contributed by atoms with van der Waals surface area (Å²) in [5, 5.41) is 10.0. The van der Waals surface area contributed by atoms with Gasteiger partial charge < -0.3 is 9.84 Å². The number of rotatable bonds is 7. The number of aryl methyl sites for hydroxylation is 3. The fourth-order valence-electron chi connectivity index (χ4n) is 2.14. The second kappa shape index (κ2) is 7.40. The van der Waals surface area contributed by atoms with Crippen molar-refractivity contribution < 1.29 is 14.6 Å².